The van der Waals surface area contributed by atoms with Crippen LogP contribution in [0.5, 0.6) is 0 Å². The van der Waals surface area contributed by atoms with Crippen molar-refractivity contribution in [3.8, 4) is 0 Å². The van der Waals surface area contributed by atoms with E-state index in [-0.39, 0.29) is 6.04 Å². The lowest BCUT2D eigenvalue weighted by Crippen LogP contribution is -2.19. The number of benzene rings is 1. The van der Waals surface area contributed by atoms with Crippen LogP contribution in [0.4, 0.5) is 8.78 Å². The van der Waals surface area contributed by atoms with E-state index in [1.165, 1.54) is 18.5 Å². The number of rotatable bonds is 4. The standard InChI is InChI=1S/C13H13F2N3/c1-16-13(10-6-17-8-18-7-10)4-9-2-3-11(14)5-12(9)15/h2-3,5-8,13,16H,4H2,1H3. The zero-order chi connectivity index (χ0) is 13.0. The molecule has 1 heterocycles. The third-order valence-electron chi connectivity index (χ3n) is 2.77. The second kappa shape index (κ2) is 5.64. The van der Waals surface area contributed by atoms with Gasteiger partial charge < -0.3 is 5.32 Å². The first-order valence-corrected chi connectivity index (χ1v) is 5.57. The molecule has 0 bridgehead atoms. The minimum absolute atomic E-state index is 0.105. The Morgan fingerprint density at radius 2 is 1.94 bits per heavy atom. The number of aromatic nitrogens is 2. The van der Waals surface area contributed by atoms with Gasteiger partial charge in [-0.05, 0) is 25.1 Å². The van der Waals surface area contributed by atoms with Gasteiger partial charge in [0, 0.05) is 30.1 Å². The van der Waals surface area contributed by atoms with E-state index in [0.717, 1.165) is 11.6 Å². The summed E-state index contributed by atoms with van der Waals surface area (Å²) in [6, 6.07) is 3.50. The van der Waals surface area contributed by atoms with Crippen LogP contribution < -0.4 is 5.32 Å². The lowest BCUT2D eigenvalue weighted by atomic mass is 10.0. The molecule has 0 radical (unpaired) electrons. The predicted molar refractivity (Wildman–Crippen MR) is 63.9 cm³/mol. The van der Waals surface area contributed by atoms with Crippen LogP contribution in [0.3, 0.4) is 0 Å². The van der Waals surface area contributed by atoms with Crippen LogP contribution in [-0.2, 0) is 6.42 Å². The first-order chi connectivity index (χ1) is 8.70. The third kappa shape index (κ3) is 2.87. The van der Waals surface area contributed by atoms with E-state index in [1.807, 2.05) is 0 Å². The van der Waals surface area contributed by atoms with Gasteiger partial charge >= 0.3 is 0 Å². The lowest BCUT2D eigenvalue weighted by molar-refractivity contribution is 0.539. The second-order valence-corrected chi connectivity index (χ2v) is 3.95. The Kier molecular flexibility index (Phi) is 3.94. The van der Waals surface area contributed by atoms with Crippen LogP contribution in [0, 0.1) is 11.6 Å². The predicted octanol–water partition coefficient (Wildman–Crippen LogP) is 2.26. The van der Waals surface area contributed by atoms with Crippen LogP contribution in [0.2, 0.25) is 0 Å². The smallest absolute Gasteiger partial charge is 0.129 e. The molecular formula is C13H13F2N3. The van der Waals surface area contributed by atoms with Crippen molar-refractivity contribution >= 4 is 0 Å². The summed E-state index contributed by atoms with van der Waals surface area (Å²) in [7, 11) is 1.78. The molecular weight excluding hydrogens is 236 g/mol. The molecule has 0 saturated heterocycles. The van der Waals surface area contributed by atoms with E-state index in [9.17, 15) is 8.78 Å². The average molecular weight is 249 g/mol. The molecule has 3 nitrogen and oxygen atoms in total. The maximum absolute atomic E-state index is 13.6. The van der Waals surface area contributed by atoms with Crippen LogP contribution in [0.15, 0.2) is 36.9 Å². The molecule has 0 saturated carbocycles. The summed E-state index contributed by atoms with van der Waals surface area (Å²) in [5, 5.41) is 3.07. The van der Waals surface area contributed by atoms with Gasteiger partial charge in [-0.25, -0.2) is 18.7 Å². The van der Waals surface area contributed by atoms with Crippen molar-refractivity contribution < 1.29 is 8.78 Å². The van der Waals surface area contributed by atoms with E-state index < -0.39 is 11.6 Å². The molecule has 1 atom stereocenters. The Bertz CT molecular complexity index is 517. The van der Waals surface area contributed by atoms with Gasteiger partial charge in [-0.1, -0.05) is 6.07 Å². The lowest BCUT2D eigenvalue weighted by Gasteiger charge is -2.16. The Hall–Kier alpha value is -1.88. The summed E-state index contributed by atoms with van der Waals surface area (Å²) < 4.78 is 26.4. The Morgan fingerprint density at radius 1 is 1.22 bits per heavy atom. The molecule has 2 rings (SSSR count). The van der Waals surface area contributed by atoms with Gasteiger partial charge in [-0.2, -0.15) is 0 Å². The summed E-state index contributed by atoms with van der Waals surface area (Å²) in [6.07, 6.45) is 5.20. The Morgan fingerprint density at radius 3 is 2.56 bits per heavy atom. The monoisotopic (exact) mass is 249 g/mol. The number of nitrogens with one attached hydrogen (secondary N) is 1. The maximum atomic E-state index is 13.6. The number of nitrogens with zero attached hydrogens (tertiary/aromatic N) is 2. The molecule has 0 aliphatic carbocycles. The van der Waals surface area contributed by atoms with Crippen molar-refractivity contribution in [1.29, 1.82) is 0 Å². The topological polar surface area (TPSA) is 37.8 Å². The maximum Gasteiger partial charge on any atom is 0.129 e. The van der Waals surface area contributed by atoms with Crippen molar-refractivity contribution in [2.45, 2.75) is 12.5 Å². The van der Waals surface area contributed by atoms with Gasteiger partial charge in [-0.3, -0.25) is 0 Å². The van der Waals surface area contributed by atoms with Crippen LogP contribution in [-0.4, -0.2) is 17.0 Å². The average Bonchev–Trinajstić information content (AvgIpc) is 2.39. The van der Waals surface area contributed by atoms with E-state index in [0.29, 0.717) is 12.0 Å². The molecule has 0 fully saturated rings. The summed E-state index contributed by atoms with van der Waals surface area (Å²) in [5.41, 5.74) is 1.32. The zero-order valence-corrected chi connectivity index (χ0v) is 9.90. The van der Waals surface area contributed by atoms with E-state index in [4.69, 9.17) is 0 Å². The molecule has 0 amide bonds. The Balaban J connectivity index is 2.21. The third-order valence-corrected chi connectivity index (χ3v) is 2.77. The quantitative estimate of drug-likeness (QED) is 0.903. The highest BCUT2D eigenvalue weighted by molar-refractivity contribution is 5.22. The van der Waals surface area contributed by atoms with Crippen molar-refractivity contribution in [2.75, 3.05) is 7.05 Å². The molecule has 0 spiro atoms. The van der Waals surface area contributed by atoms with Gasteiger partial charge in [0.25, 0.3) is 0 Å². The summed E-state index contributed by atoms with van der Waals surface area (Å²) in [4.78, 5) is 7.85. The zero-order valence-electron chi connectivity index (χ0n) is 9.90. The van der Waals surface area contributed by atoms with Crippen LogP contribution in [0.25, 0.3) is 0 Å². The van der Waals surface area contributed by atoms with Crippen molar-refractivity contribution in [1.82, 2.24) is 15.3 Å². The minimum Gasteiger partial charge on any atom is -0.313 e. The van der Waals surface area contributed by atoms with E-state index in [2.05, 4.69) is 15.3 Å². The molecule has 5 heteroatoms. The molecule has 2 aromatic rings. The van der Waals surface area contributed by atoms with Gasteiger partial charge in [0.1, 0.15) is 18.0 Å². The van der Waals surface area contributed by atoms with Gasteiger partial charge in [0.05, 0.1) is 0 Å². The van der Waals surface area contributed by atoms with Crippen LogP contribution in [0.1, 0.15) is 17.2 Å². The number of halogens is 2. The van der Waals surface area contributed by atoms with Crippen LogP contribution >= 0.6 is 0 Å². The largest absolute Gasteiger partial charge is 0.313 e. The second-order valence-electron chi connectivity index (χ2n) is 3.95. The number of likely N-dealkylation sites (N-methyl/N-ethyl adjacent to an activating group) is 1. The molecule has 0 aliphatic rings. The first kappa shape index (κ1) is 12.6. The van der Waals surface area contributed by atoms with Crippen molar-refractivity contribution in [3.63, 3.8) is 0 Å². The molecule has 1 unspecified atom stereocenters. The normalized spacial score (nSPS) is 12.4. The minimum atomic E-state index is -0.569. The molecule has 18 heavy (non-hydrogen) atoms. The first-order valence-electron chi connectivity index (χ1n) is 5.57. The molecule has 1 aromatic heterocycles. The van der Waals surface area contributed by atoms with Gasteiger partial charge in [0.2, 0.25) is 0 Å². The van der Waals surface area contributed by atoms with Crippen molar-refractivity contribution in [2.24, 2.45) is 0 Å². The van der Waals surface area contributed by atoms with E-state index in [1.54, 1.807) is 19.4 Å². The van der Waals surface area contributed by atoms with Gasteiger partial charge in [-0.15, -0.1) is 0 Å². The molecule has 0 aliphatic heterocycles. The molecule has 1 N–H and O–H groups in total. The summed E-state index contributed by atoms with van der Waals surface area (Å²) in [6.45, 7) is 0. The summed E-state index contributed by atoms with van der Waals surface area (Å²) >= 11 is 0. The Labute approximate surface area is 104 Å². The van der Waals surface area contributed by atoms with Crippen molar-refractivity contribution in [3.05, 3.63) is 59.7 Å². The molecule has 1 aromatic carbocycles. The highest BCUT2D eigenvalue weighted by atomic mass is 19.1. The fourth-order valence-electron chi connectivity index (χ4n) is 1.78. The highest BCUT2D eigenvalue weighted by Gasteiger charge is 2.13. The fraction of sp³-hybridized carbons (Fsp3) is 0.231. The highest BCUT2D eigenvalue weighted by Crippen LogP contribution is 2.19. The SMILES string of the molecule is CNC(Cc1ccc(F)cc1F)c1cncnc1. The number of hydrogen-bond donors (Lipinski definition) is 1. The van der Waals surface area contributed by atoms with E-state index >= 15 is 0 Å². The fourth-order valence-corrected chi connectivity index (χ4v) is 1.78. The van der Waals surface area contributed by atoms with Gasteiger partial charge in [0.15, 0.2) is 0 Å². The number of hydrogen-bond acceptors (Lipinski definition) is 3. The summed E-state index contributed by atoms with van der Waals surface area (Å²) in [5.74, 6) is -1.10. The molecule has 94 valence electrons.